The number of amides is 1. The number of fused-ring (bicyclic) bond motifs is 1. The van der Waals surface area contributed by atoms with Crippen molar-refractivity contribution < 1.29 is 37.2 Å². The summed E-state index contributed by atoms with van der Waals surface area (Å²) >= 11 is 5.81. The summed E-state index contributed by atoms with van der Waals surface area (Å²) in [4.78, 5) is 16.4. The molecule has 9 heteroatoms. The number of benzene rings is 2. The largest absolute Gasteiger partial charge is 0.492 e. The molecular formula is C24H23ClFN5O2. The number of pyridine rings is 1. The molecule has 1 aromatic heterocycles. The predicted octanol–water partition coefficient (Wildman–Crippen LogP) is 5.10. The van der Waals surface area contributed by atoms with Crippen molar-refractivity contribution in [3.05, 3.63) is 64.9 Å². The molecule has 0 aliphatic carbocycles. The second kappa shape index (κ2) is 10.8. The van der Waals surface area contributed by atoms with E-state index in [-0.39, 0.29) is 6.08 Å². The molecule has 0 aliphatic rings. The van der Waals surface area contributed by atoms with Crippen LogP contribution in [0.1, 0.15) is 35.8 Å². The Balaban J connectivity index is 2.39. The number of carbonyl (C=O) groups excluding carboxylic acids is 1. The number of ether oxygens (including phenoxy) is 1. The summed E-state index contributed by atoms with van der Waals surface area (Å²) in [5.41, 5.74) is -3.55. The van der Waals surface area contributed by atoms with E-state index >= 15 is 0 Å². The first kappa shape index (κ1) is 10.1. The summed E-state index contributed by atoms with van der Waals surface area (Å²) in [5.74, 6) is -3.88. The van der Waals surface area contributed by atoms with Crippen LogP contribution in [0.3, 0.4) is 0 Å². The monoisotopic (exact) mass is 484 g/mol. The Kier molecular flexibility index (Phi) is 3.29. The van der Waals surface area contributed by atoms with Gasteiger partial charge in [0.25, 0.3) is 0 Å². The maximum Gasteiger partial charge on any atom is 0.248 e. The predicted molar refractivity (Wildman–Crippen MR) is 129 cm³/mol. The number of aromatic nitrogens is 1. The van der Waals surface area contributed by atoms with Gasteiger partial charge < -0.3 is 20.3 Å². The van der Waals surface area contributed by atoms with Gasteiger partial charge in [0.1, 0.15) is 17.6 Å². The average Bonchev–Trinajstić information content (AvgIpc) is 2.95. The molecule has 2 N–H and O–H groups in total. The maximum absolute atomic E-state index is 14.3. The highest BCUT2D eigenvalue weighted by Gasteiger charge is 2.15. The second-order valence-corrected chi connectivity index (χ2v) is 6.18. The van der Waals surface area contributed by atoms with Gasteiger partial charge in [0, 0.05) is 46.8 Å². The van der Waals surface area contributed by atoms with Crippen molar-refractivity contribution in [3.8, 4) is 11.8 Å². The topological polar surface area (TPSA) is 90.3 Å². The van der Waals surface area contributed by atoms with Crippen molar-refractivity contribution in [2.24, 2.45) is 0 Å². The highest BCUT2D eigenvalue weighted by Crippen LogP contribution is 2.36. The molecule has 0 saturated heterocycles. The van der Waals surface area contributed by atoms with Crippen molar-refractivity contribution in [3.63, 3.8) is 0 Å². The van der Waals surface area contributed by atoms with E-state index in [0.717, 1.165) is 6.92 Å². The van der Waals surface area contributed by atoms with Gasteiger partial charge in [-0.15, -0.1) is 0 Å². The van der Waals surface area contributed by atoms with Crippen LogP contribution in [0.15, 0.2) is 48.5 Å². The van der Waals surface area contributed by atoms with E-state index in [0.29, 0.717) is 0 Å². The van der Waals surface area contributed by atoms with Crippen LogP contribution in [0.2, 0.25) is 5.02 Å². The number of hydrogen-bond acceptors (Lipinski definition) is 6. The van der Waals surface area contributed by atoms with Crippen LogP contribution in [-0.4, -0.2) is 42.8 Å². The third kappa shape index (κ3) is 5.98. The van der Waals surface area contributed by atoms with Crippen LogP contribution in [0, 0.1) is 17.1 Å². The molecule has 0 aliphatic heterocycles. The van der Waals surface area contributed by atoms with E-state index in [9.17, 15) is 14.4 Å². The number of rotatable bonds is 8. The van der Waals surface area contributed by atoms with E-state index in [4.69, 9.17) is 39.6 Å². The SMILES string of the molecule is [2H]/C(=C\C(=O)Nc1c(OC([2H])([2H])C)c([2H])c2nc([2H])c(C#N)c(Nc3c([2H])c([2H])c(F)c(Cl)c3[2H])c2c1[2H])C([2H])([2H])N(C([2H])([2H])[2H])C([2H])([2H])[2H]. The average molecular weight is 485 g/mol. The molecule has 1 amide bonds. The first-order valence-electron chi connectivity index (χ1n) is 17.2. The lowest BCUT2D eigenvalue weighted by atomic mass is 10.1. The van der Waals surface area contributed by atoms with Gasteiger partial charge in [-0.25, -0.2) is 4.39 Å². The molecule has 3 rings (SSSR count). The fraction of sp³-hybridized carbons (Fsp3) is 0.208. The van der Waals surface area contributed by atoms with Gasteiger partial charge in [-0.05, 0) is 45.0 Å². The molecule has 0 radical (unpaired) electrons. The van der Waals surface area contributed by atoms with Crippen LogP contribution >= 0.6 is 11.6 Å². The summed E-state index contributed by atoms with van der Waals surface area (Å²) < 4.78 is 154. The number of carbonyl (C=O) groups is 1. The summed E-state index contributed by atoms with van der Waals surface area (Å²) in [6, 6.07) is -4.69. The first-order valence-corrected chi connectivity index (χ1v) is 9.04. The standard InChI is InChI=1S/C24H23ClFN5O2/c1-4-33-22-12-20-17(11-21(22)30-23(32)6-5-9-31(2)3)24(15(13-27)14-28-20)29-16-7-8-19(26)18(25)10-16/h5-8,10-12,14H,4,9H2,1-3H3,(H,28,29)(H,30,32)/b6-5+/i2D3,3D3,4D2,5D,7D,8D,9D2,10D,11D,12D,14D. The van der Waals surface area contributed by atoms with Crippen molar-refractivity contribution in [2.45, 2.75) is 6.92 Å². The highest BCUT2D eigenvalue weighted by molar-refractivity contribution is 6.31. The van der Waals surface area contributed by atoms with Crippen LogP contribution in [-0.2, 0) is 4.79 Å². The normalized spacial score (nSPS) is 20.5. The van der Waals surface area contributed by atoms with Crippen molar-refractivity contribution in [1.82, 2.24) is 9.88 Å². The zero-order valence-electron chi connectivity index (χ0n) is 33.5. The molecule has 3 aromatic rings. The highest BCUT2D eigenvalue weighted by atomic mass is 35.5. The minimum atomic E-state index is -3.63. The van der Waals surface area contributed by atoms with E-state index < -0.39 is 130 Å². The Labute approximate surface area is 220 Å². The zero-order chi connectivity index (χ0) is 38.6. The van der Waals surface area contributed by atoms with Crippen LogP contribution in [0.4, 0.5) is 21.5 Å². The fourth-order valence-corrected chi connectivity index (χ4v) is 2.52. The lowest BCUT2D eigenvalue weighted by Crippen LogP contribution is -2.13. The van der Waals surface area contributed by atoms with Gasteiger partial charge in [-0.3, -0.25) is 9.78 Å². The van der Waals surface area contributed by atoms with Gasteiger partial charge in [0.15, 0.2) is 0 Å². The third-order valence-corrected chi connectivity index (χ3v) is 3.90. The number of hydrogen-bond donors (Lipinski definition) is 2. The molecule has 170 valence electrons. The minimum Gasteiger partial charge on any atom is -0.492 e. The van der Waals surface area contributed by atoms with Gasteiger partial charge in [0.2, 0.25) is 5.91 Å². The van der Waals surface area contributed by atoms with E-state index in [1.807, 2.05) is 5.32 Å². The van der Waals surface area contributed by atoms with Crippen molar-refractivity contribution in [1.29, 1.82) is 5.26 Å². The molecule has 33 heavy (non-hydrogen) atoms. The Morgan fingerprint density at radius 1 is 1.48 bits per heavy atom. The summed E-state index contributed by atoms with van der Waals surface area (Å²) in [7, 11) is 0. The maximum atomic E-state index is 14.3. The lowest BCUT2D eigenvalue weighted by molar-refractivity contribution is -0.111. The molecule has 0 fully saturated rings. The lowest BCUT2D eigenvalue weighted by Gasteiger charge is -2.16. The smallest absolute Gasteiger partial charge is 0.248 e. The Morgan fingerprint density at radius 3 is 3.03 bits per heavy atom. The summed E-state index contributed by atoms with van der Waals surface area (Å²) in [6.07, 6.45) is -0.741. The fourth-order valence-electron chi connectivity index (χ4n) is 2.38. The van der Waals surface area contributed by atoms with Crippen LogP contribution in [0.5, 0.6) is 5.75 Å². The molecule has 0 atom stereocenters. The molecule has 0 bridgehead atoms. The molecule has 1 heterocycles. The van der Waals surface area contributed by atoms with Gasteiger partial charge in [0.05, 0.1) is 46.4 Å². The summed E-state index contributed by atoms with van der Waals surface area (Å²) in [6.45, 7) is -12.7. The van der Waals surface area contributed by atoms with Gasteiger partial charge in [-0.1, -0.05) is 17.7 Å². The van der Waals surface area contributed by atoms with Crippen molar-refractivity contribution in [2.75, 3.05) is 37.6 Å². The number of nitrogens with zero attached hydrogens (tertiary/aromatic N) is 3. The van der Waals surface area contributed by atoms with E-state index in [1.54, 1.807) is 6.07 Å². The number of likely N-dealkylation sites (N-methyl/N-ethyl adjacent to an activating group) is 1. The number of nitriles is 1. The molecule has 7 nitrogen and oxygen atoms in total. The first-order chi connectivity index (χ1) is 22.6. The van der Waals surface area contributed by atoms with Crippen LogP contribution < -0.4 is 15.4 Å². The minimum absolute atomic E-state index is 0.113. The van der Waals surface area contributed by atoms with Gasteiger partial charge in [-0.2, -0.15) is 5.26 Å². The summed E-state index contributed by atoms with van der Waals surface area (Å²) in [5, 5.41) is 12.7. The Morgan fingerprint density at radius 2 is 2.30 bits per heavy atom. The third-order valence-electron chi connectivity index (χ3n) is 3.64. The molecule has 2 aromatic carbocycles. The van der Waals surface area contributed by atoms with E-state index in [1.165, 1.54) is 0 Å². The number of anilines is 3. The quantitative estimate of drug-likeness (QED) is 0.432. The number of halogens is 2. The molecule has 0 unspecified atom stereocenters. The van der Waals surface area contributed by atoms with E-state index in [2.05, 4.69) is 10.3 Å². The van der Waals surface area contributed by atoms with Crippen molar-refractivity contribution >= 4 is 45.5 Å². The number of nitrogens with one attached hydrogen (secondary N) is 2. The molecular weight excluding hydrogens is 445 g/mol. The Hall–Kier alpha value is -3.67. The van der Waals surface area contributed by atoms with Crippen LogP contribution in [0.25, 0.3) is 10.9 Å². The zero-order valence-corrected chi connectivity index (χ0v) is 17.2. The second-order valence-electron chi connectivity index (χ2n) is 5.80. The Bertz CT molecular complexity index is 1930. The van der Waals surface area contributed by atoms with Gasteiger partial charge >= 0.3 is 0 Å². The molecule has 0 saturated carbocycles. The molecule has 0 spiro atoms.